The van der Waals surface area contributed by atoms with Gasteiger partial charge in [0.25, 0.3) is 15.9 Å². The van der Waals surface area contributed by atoms with Crippen LogP contribution in [0.25, 0.3) is 6.08 Å². The van der Waals surface area contributed by atoms with Gasteiger partial charge in [-0.3, -0.25) is 9.69 Å². The maximum Gasteiger partial charge on any atom is 0.294 e. The third-order valence-electron chi connectivity index (χ3n) is 3.85. The third-order valence-corrected chi connectivity index (χ3v) is 7.61. The van der Waals surface area contributed by atoms with Crippen molar-refractivity contribution < 1.29 is 22.7 Å². The molecule has 1 aromatic carbocycles. The predicted molar refractivity (Wildman–Crippen MR) is 116 cm³/mol. The molecule has 0 aliphatic carbocycles. The van der Waals surface area contributed by atoms with Crippen LogP contribution in [-0.2, 0) is 14.8 Å². The van der Waals surface area contributed by atoms with Crippen molar-refractivity contribution in [3.05, 3.63) is 58.8 Å². The summed E-state index contributed by atoms with van der Waals surface area (Å²) in [5.41, 5.74) is 0.708. The first kappa shape index (κ1) is 21.2. The van der Waals surface area contributed by atoms with Gasteiger partial charge in [-0.2, -0.15) is 8.42 Å². The second-order valence-electron chi connectivity index (χ2n) is 5.71. The Balaban J connectivity index is 1.98. The van der Waals surface area contributed by atoms with Gasteiger partial charge < -0.3 is 9.47 Å². The number of nitrogens with zero attached hydrogens (tertiary/aromatic N) is 2. The first-order valence-electron chi connectivity index (χ1n) is 8.32. The Hall–Kier alpha value is -2.56. The molecule has 0 spiro atoms. The van der Waals surface area contributed by atoms with Crippen molar-refractivity contribution >= 4 is 50.3 Å². The first-order valence-corrected chi connectivity index (χ1v) is 11.5. The number of methoxy groups -OCH3 is 2. The molecule has 1 aliphatic rings. The highest BCUT2D eigenvalue weighted by atomic mass is 32.2. The fourth-order valence-electron chi connectivity index (χ4n) is 2.52. The van der Waals surface area contributed by atoms with E-state index in [0.29, 0.717) is 22.0 Å². The summed E-state index contributed by atoms with van der Waals surface area (Å²) in [6.07, 6.45) is 3.18. The molecule has 1 saturated heterocycles. The molecule has 0 N–H and O–H groups in total. The van der Waals surface area contributed by atoms with Crippen molar-refractivity contribution in [1.82, 2.24) is 4.90 Å². The van der Waals surface area contributed by atoms with Crippen molar-refractivity contribution in [1.29, 1.82) is 0 Å². The second-order valence-corrected chi connectivity index (χ2v) is 9.50. The Morgan fingerprint density at radius 2 is 1.97 bits per heavy atom. The van der Waals surface area contributed by atoms with Crippen LogP contribution in [0.5, 0.6) is 11.5 Å². The van der Waals surface area contributed by atoms with Gasteiger partial charge in [0.1, 0.15) is 4.21 Å². The number of thioether (sulfide) groups is 1. The van der Waals surface area contributed by atoms with Gasteiger partial charge in [0.15, 0.2) is 16.7 Å². The van der Waals surface area contributed by atoms with Crippen LogP contribution in [0.15, 0.2) is 61.9 Å². The van der Waals surface area contributed by atoms with Gasteiger partial charge in [0.05, 0.1) is 19.1 Å². The van der Waals surface area contributed by atoms with Crippen LogP contribution in [0.2, 0.25) is 0 Å². The lowest BCUT2D eigenvalue weighted by Gasteiger charge is -2.12. The number of amides is 1. The van der Waals surface area contributed by atoms with Crippen LogP contribution < -0.4 is 9.47 Å². The number of hydrogen-bond acceptors (Lipinski definition) is 7. The number of sulfonamides is 1. The van der Waals surface area contributed by atoms with E-state index in [9.17, 15) is 13.2 Å². The van der Waals surface area contributed by atoms with Crippen LogP contribution in [0.3, 0.4) is 0 Å². The van der Waals surface area contributed by atoms with Crippen molar-refractivity contribution in [3.8, 4) is 11.5 Å². The molecule has 29 heavy (non-hydrogen) atoms. The van der Waals surface area contributed by atoms with Crippen molar-refractivity contribution in [2.75, 3.05) is 20.8 Å². The van der Waals surface area contributed by atoms with E-state index < -0.39 is 10.0 Å². The lowest BCUT2D eigenvalue weighted by Crippen LogP contribution is -2.29. The molecule has 0 unspecified atom stereocenters. The Bertz CT molecular complexity index is 1090. The third kappa shape index (κ3) is 4.55. The van der Waals surface area contributed by atoms with Gasteiger partial charge in [-0.25, -0.2) is 0 Å². The van der Waals surface area contributed by atoms with Gasteiger partial charge in [-0.15, -0.1) is 22.3 Å². The Morgan fingerprint density at radius 1 is 1.21 bits per heavy atom. The summed E-state index contributed by atoms with van der Waals surface area (Å²) in [4.78, 5) is 14.5. The number of ether oxygens (including phenoxy) is 2. The molecule has 7 nitrogen and oxygen atoms in total. The summed E-state index contributed by atoms with van der Waals surface area (Å²) < 4.78 is 39.5. The maximum atomic E-state index is 12.8. The summed E-state index contributed by atoms with van der Waals surface area (Å²) in [5, 5.41) is 1.75. The summed E-state index contributed by atoms with van der Waals surface area (Å²) in [6, 6.07) is 8.35. The van der Waals surface area contributed by atoms with Crippen LogP contribution in [0, 0.1) is 0 Å². The molecule has 10 heteroatoms. The van der Waals surface area contributed by atoms with Gasteiger partial charge in [0.2, 0.25) is 0 Å². The molecule has 1 aliphatic heterocycles. The van der Waals surface area contributed by atoms with Crippen LogP contribution >= 0.6 is 23.1 Å². The van der Waals surface area contributed by atoms with Crippen molar-refractivity contribution in [2.45, 2.75) is 4.21 Å². The van der Waals surface area contributed by atoms with E-state index >= 15 is 0 Å². The molecule has 0 radical (unpaired) electrons. The zero-order valence-corrected chi connectivity index (χ0v) is 18.1. The molecule has 1 amide bonds. The smallest absolute Gasteiger partial charge is 0.294 e. The number of carbonyl (C=O) groups is 1. The van der Waals surface area contributed by atoms with Crippen LogP contribution in [-0.4, -0.2) is 45.2 Å². The summed E-state index contributed by atoms with van der Waals surface area (Å²) in [6.45, 7) is 3.78. The van der Waals surface area contributed by atoms with E-state index in [2.05, 4.69) is 11.0 Å². The lowest BCUT2D eigenvalue weighted by atomic mass is 10.2. The zero-order valence-electron chi connectivity index (χ0n) is 15.7. The molecule has 152 valence electrons. The first-order chi connectivity index (χ1) is 13.9. The lowest BCUT2D eigenvalue weighted by molar-refractivity contribution is -0.121. The summed E-state index contributed by atoms with van der Waals surface area (Å²) in [7, 11) is -0.835. The average Bonchev–Trinajstić information content (AvgIpc) is 3.34. The quantitative estimate of drug-likeness (QED) is 0.473. The fourth-order valence-corrected chi connectivity index (χ4v) is 5.68. The number of amidine groups is 1. The molecule has 0 bridgehead atoms. The number of benzene rings is 1. The van der Waals surface area contributed by atoms with Crippen LogP contribution in [0.4, 0.5) is 0 Å². The van der Waals surface area contributed by atoms with Crippen LogP contribution in [0.1, 0.15) is 5.56 Å². The van der Waals surface area contributed by atoms with Gasteiger partial charge in [-0.1, -0.05) is 18.2 Å². The average molecular weight is 451 g/mol. The highest BCUT2D eigenvalue weighted by Gasteiger charge is 2.34. The molecule has 2 aromatic rings. The minimum atomic E-state index is -3.90. The van der Waals surface area contributed by atoms with E-state index in [4.69, 9.17) is 9.47 Å². The standard InChI is InChI=1S/C19H18N2O5S3/c1-4-9-21-18(22)16(12-13-7-8-14(25-2)15(11-13)26-3)28-19(21)20-29(23,24)17-6-5-10-27-17/h4-8,10-12H,1,9H2,2-3H3. The Labute approximate surface area is 177 Å². The summed E-state index contributed by atoms with van der Waals surface area (Å²) in [5.74, 6) is 0.747. The van der Waals surface area contributed by atoms with Gasteiger partial charge in [-0.05, 0) is 47.0 Å². The summed E-state index contributed by atoms with van der Waals surface area (Å²) >= 11 is 2.07. The minimum absolute atomic E-state index is 0.0926. The highest BCUT2D eigenvalue weighted by molar-refractivity contribution is 8.19. The topological polar surface area (TPSA) is 85.3 Å². The van der Waals surface area contributed by atoms with Gasteiger partial charge in [0, 0.05) is 6.54 Å². The number of rotatable bonds is 7. The largest absolute Gasteiger partial charge is 0.493 e. The SMILES string of the molecule is C=CCN1C(=O)C(=Cc2ccc(OC)c(OC)c2)SC1=NS(=O)(=O)c1cccs1. The molecule has 3 rings (SSSR count). The van der Waals surface area contributed by atoms with Crippen molar-refractivity contribution in [3.63, 3.8) is 0 Å². The van der Waals surface area contributed by atoms with E-state index in [1.165, 1.54) is 31.3 Å². The monoisotopic (exact) mass is 450 g/mol. The number of hydrogen-bond donors (Lipinski definition) is 0. The molecule has 2 heterocycles. The Kier molecular flexibility index (Phi) is 6.46. The molecule has 1 fully saturated rings. The predicted octanol–water partition coefficient (Wildman–Crippen LogP) is 3.61. The fraction of sp³-hybridized carbons (Fsp3) is 0.158. The van der Waals surface area contributed by atoms with E-state index in [1.807, 2.05) is 0 Å². The maximum absolute atomic E-state index is 12.8. The highest BCUT2D eigenvalue weighted by Crippen LogP contribution is 2.35. The molecular weight excluding hydrogens is 432 g/mol. The molecule has 0 saturated carbocycles. The zero-order chi connectivity index (χ0) is 21.0. The second kappa shape index (κ2) is 8.85. The van der Waals surface area contributed by atoms with Crippen molar-refractivity contribution in [2.24, 2.45) is 4.40 Å². The van der Waals surface area contributed by atoms with E-state index in [-0.39, 0.29) is 21.8 Å². The normalized spacial score (nSPS) is 17.2. The minimum Gasteiger partial charge on any atom is -0.493 e. The number of carbonyl (C=O) groups excluding carboxylic acids is 1. The molecule has 1 aromatic heterocycles. The van der Waals surface area contributed by atoms with E-state index in [1.54, 1.807) is 35.7 Å². The van der Waals surface area contributed by atoms with Gasteiger partial charge >= 0.3 is 0 Å². The molecular formula is C19H18N2O5S3. The molecule has 0 atom stereocenters. The van der Waals surface area contributed by atoms with E-state index in [0.717, 1.165) is 23.1 Å². The Morgan fingerprint density at radius 3 is 2.59 bits per heavy atom. The number of thiophene rings is 1.